The molecule has 0 bridgehead atoms. The van der Waals surface area contributed by atoms with Gasteiger partial charge in [0.05, 0.1) is 48.6 Å². The smallest absolute Gasteiger partial charge is 0.312 e. The lowest BCUT2D eigenvalue weighted by Gasteiger charge is -2.47. The van der Waals surface area contributed by atoms with Crippen molar-refractivity contribution in [3.63, 3.8) is 0 Å². The number of carbonyl (C=O) groups is 2. The number of para-hydroxylation sites is 1. The summed E-state index contributed by atoms with van der Waals surface area (Å²) >= 11 is 0. The van der Waals surface area contributed by atoms with Gasteiger partial charge >= 0.3 is 11.9 Å². The molecule has 2 heterocycles. The van der Waals surface area contributed by atoms with E-state index >= 15 is 0 Å². The molecule has 0 radical (unpaired) electrons. The van der Waals surface area contributed by atoms with E-state index < -0.39 is 83.6 Å². The fourth-order valence-corrected chi connectivity index (χ4v) is 8.70. The first-order valence-electron chi connectivity index (χ1n) is 21.4. The fourth-order valence-electron chi connectivity index (χ4n) is 8.70. The van der Waals surface area contributed by atoms with Crippen LogP contribution in [0.15, 0.2) is 65.8 Å². The van der Waals surface area contributed by atoms with Gasteiger partial charge in [0.2, 0.25) is 0 Å². The van der Waals surface area contributed by atoms with Crippen molar-refractivity contribution < 1.29 is 58.5 Å². The first-order valence-corrected chi connectivity index (χ1v) is 21.4. The normalized spacial score (nSPS) is 36.6. The number of hydrogen-bond donors (Lipinski definition) is 4. The van der Waals surface area contributed by atoms with E-state index in [9.17, 15) is 30.0 Å². The Bertz CT molecular complexity index is 1660. The van der Waals surface area contributed by atoms with Crippen LogP contribution in [0.3, 0.4) is 0 Å². The number of carbonyl (C=O) groups excluding carboxylic acids is 2. The van der Waals surface area contributed by atoms with Gasteiger partial charge < -0.3 is 53.8 Å². The lowest BCUT2D eigenvalue weighted by molar-refractivity contribution is -0.299. The van der Waals surface area contributed by atoms with Crippen LogP contribution >= 0.6 is 0 Å². The molecule has 4 rings (SSSR count). The maximum absolute atomic E-state index is 14.2. The van der Waals surface area contributed by atoms with Gasteiger partial charge in [0.1, 0.15) is 36.3 Å². The predicted molar refractivity (Wildman–Crippen MR) is 226 cm³/mol. The first-order chi connectivity index (χ1) is 28.3. The minimum atomic E-state index is -1.97. The minimum Gasteiger partial charge on any atom is -0.493 e. The zero-order valence-electron chi connectivity index (χ0n) is 37.1. The van der Waals surface area contributed by atoms with Gasteiger partial charge in [-0.2, -0.15) is 0 Å². The van der Waals surface area contributed by atoms with E-state index in [-0.39, 0.29) is 38.0 Å². The lowest BCUT2D eigenvalue weighted by atomic mass is 9.73. The number of hydrogen-bond acceptors (Lipinski definition) is 14. The zero-order valence-corrected chi connectivity index (χ0v) is 37.1. The van der Waals surface area contributed by atoms with Gasteiger partial charge in [-0.25, -0.2) is 0 Å². The van der Waals surface area contributed by atoms with Gasteiger partial charge in [0, 0.05) is 30.2 Å². The molecule has 14 atom stereocenters. The molecule has 0 aromatic heterocycles. The second-order valence-corrected chi connectivity index (χ2v) is 17.5. The fraction of sp³-hybridized carbons (Fsp3) is 0.674. The Morgan fingerprint density at radius 2 is 1.57 bits per heavy atom. The molecule has 1 unspecified atom stereocenters. The zero-order chi connectivity index (χ0) is 44.4. The number of benzene rings is 2. The predicted octanol–water partition coefficient (Wildman–Crippen LogP) is 4.93. The molecule has 2 saturated heterocycles. The highest BCUT2D eigenvalue weighted by Gasteiger charge is 2.52. The van der Waals surface area contributed by atoms with E-state index in [0.29, 0.717) is 30.7 Å². The van der Waals surface area contributed by atoms with E-state index in [2.05, 4.69) is 5.16 Å². The Balaban J connectivity index is 1.77. The topological polar surface area (TPSA) is 186 Å². The van der Waals surface area contributed by atoms with Crippen LogP contribution in [-0.2, 0) is 39.8 Å². The summed E-state index contributed by atoms with van der Waals surface area (Å²) in [6.07, 6.45) is -6.72. The molecule has 60 heavy (non-hydrogen) atoms. The highest BCUT2D eigenvalue weighted by atomic mass is 16.7. The highest BCUT2D eigenvalue weighted by molar-refractivity contribution is 5.88. The van der Waals surface area contributed by atoms with Crippen molar-refractivity contribution in [2.24, 2.45) is 28.8 Å². The van der Waals surface area contributed by atoms with Gasteiger partial charge in [-0.05, 0) is 78.7 Å². The molecule has 0 amide bonds. The van der Waals surface area contributed by atoms with Gasteiger partial charge in [0.25, 0.3) is 0 Å². The summed E-state index contributed by atoms with van der Waals surface area (Å²) in [7, 11) is 3.71. The van der Waals surface area contributed by atoms with Crippen LogP contribution in [-0.4, -0.2) is 130 Å². The van der Waals surface area contributed by atoms with Crippen LogP contribution in [0.4, 0.5) is 0 Å². The van der Waals surface area contributed by atoms with Crippen LogP contribution in [0.5, 0.6) is 5.75 Å². The van der Waals surface area contributed by atoms with Gasteiger partial charge in [0.15, 0.2) is 6.29 Å². The summed E-state index contributed by atoms with van der Waals surface area (Å²) in [4.78, 5) is 35.6. The minimum absolute atomic E-state index is 0.0310. The molecular formula is C46H70N2O12. The summed E-state index contributed by atoms with van der Waals surface area (Å²) in [6.45, 7) is 13.9. The molecule has 2 aromatic rings. The summed E-state index contributed by atoms with van der Waals surface area (Å²) in [5.74, 6) is -4.19. The van der Waals surface area contributed by atoms with Crippen molar-refractivity contribution >= 4 is 17.7 Å². The largest absolute Gasteiger partial charge is 0.493 e. The molecular weight excluding hydrogens is 773 g/mol. The van der Waals surface area contributed by atoms with E-state index in [1.165, 1.54) is 6.92 Å². The average molecular weight is 843 g/mol. The van der Waals surface area contributed by atoms with Crippen molar-refractivity contribution in [1.29, 1.82) is 0 Å². The number of likely N-dealkylation sites (N-methyl/N-ethyl adjacent to an activating group) is 1. The van der Waals surface area contributed by atoms with Crippen molar-refractivity contribution in [2.75, 3.05) is 27.3 Å². The third-order valence-corrected chi connectivity index (χ3v) is 12.1. The lowest BCUT2D eigenvalue weighted by Crippen LogP contribution is -2.60. The third-order valence-electron chi connectivity index (χ3n) is 12.1. The molecule has 336 valence electrons. The Hall–Kier alpha value is -3.63. The number of esters is 2. The molecule has 0 spiro atoms. The first kappa shape index (κ1) is 49.0. The molecule has 14 heteroatoms. The summed E-state index contributed by atoms with van der Waals surface area (Å²) < 4.78 is 30.9. The number of rotatable bonds is 13. The summed E-state index contributed by atoms with van der Waals surface area (Å²) in [5.41, 5.74) is -2.71. The number of cyclic esters (lactones) is 1. The number of oxime groups is 1. The van der Waals surface area contributed by atoms with Crippen molar-refractivity contribution in [2.45, 2.75) is 148 Å². The number of nitrogens with zero attached hydrogens (tertiary/aromatic N) is 2. The molecule has 2 fully saturated rings. The highest BCUT2D eigenvalue weighted by Crippen LogP contribution is 2.39. The number of aliphatic hydroxyl groups excluding tert-OH is 2. The standard InChI is InChI=1S/C46H70N2O12/c1-11-36-46(8,54)41(51)30(4)38(47-56-24-18-23-55-34-21-16-13-17-22-34)28(2)27-45(7,53)42(60-44-39(50)35(48(9)10)25-29(3)57-44)31(5)40(32(6)43(52)58-36)59-37(49)26-33-19-14-12-15-20-33/h12-17,19-22,28-32,35-36,39-42,44,50-51,53-54H,11,18,23-27H2,1-10H3/b47-38+/t28-,29-,30-,31+,32-,35+,36+,39-,40+,41-,42-,44+,45?,46-/m1/s1. The molecule has 2 aliphatic rings. The third kappa shape index (κ3) is 12.7. The Kier molecular flexibility index (Phi) is 17.9. The Morgan fingerprint density at radius 1 is 0.933 bits per heavy atom. The average Bonchev–Trinajstić information content (AvgIpc) is 3.20. The van der Waals surface area contributed by atoms with Crippen LogP contribution in [0.1, 0.15) is 86.6 Å². The molecule has 2 aromatic carbocycles. The van der Waals surface area contributed by atoms with Crippen LogP contribution < -0.4 is 4.74 Å². The van der Waals surface area contributed by atoms with E-state index in [1.807, 2.05) is 81.4 Å². The van der Waals surface area contributed by atoms with Crippen molar-refractivity contribution in [3.8, 4) is 5.75 Å². The summed E-state index contributed by atoms with van der Waals surface area (Å²) in [5, 5.41) is 52.7. The second-order valence-electron chi connectivity index (χ2n) is 17.5. The molecule has 14 nitrogen and oxygen atoms in total. The van der Waals surface area contributed by atoms with E-state index in [1.54, 1.807) is 46.8 Å². The van der Waals surface area contributed by atoms with Crippen LogP contribution in [0, 0.1) is 23.7 Å². The molecule has 4 N–H and O–H groups in total. The van der Waals surface area contributed by atoms with Gasteiger partial charge in [-0.3, -0.25) is 9.59 Å². The molecule has 0 saturated carbocycles. The van der Waals surface area contributed by atoms with E-state index in [4.69, 9.17) is 28.5 Å². The SMILES string of the molecule is CC[C@@H]1OC(=O)[C@H](C)[C@@H](OC(=O)Cc2ccccc2)[C@H](C)[C@@H](O[C@@H]2O[C@H](C)C[C@H](N(C)C)[C@H]2O)C(C)(O)C[C@@H](C)/C(=N\OCCCOc2ccccc2)[C@@H](C)[C@@H](O)[C@]1(C)O. The maximum Gasteiger partial charge on any atom is 0.312 e. The number of aliphatic hydroxyl groups is 4. The monoisotopic (exact) mass is 842 g/mol. The Labute approximate surface area is 356 Å². The van der Waals surface area contributed by atoms with Crippen LogP contribution in [0.2, 0.25) is 0 Å². The molecule has 0 aliphatic carbocycles. The molecule has 2 aliphatic heterocycles. The van der Waals surface area contributed by atoms with E-state index in [0.717, 1.165) is 5.75 Å². The number of ether oxygens (including phenoxy) is 5. The van der Waals surface area contributed by atoms with Gasteiger partial charge in [-0.15, -0.1) is 0 Å². The van der Waals surface area contributed by atoms with Crippen molar-refractivity contribution in [1.82, 2.24) is 4.90 Å². The Morgan fingerprint density at radius 3 is 2.18 bits per heavy atom. The summed E-state index contributed by atoms with van der Waals surface area (Å²) in [6, 6.07) is 18.1. The van der Waals surface area contributed by atoms with Gasteiger partial charge in [-0.1, -0.05) is 81.4 Å². The second kappa shape index (κ2) is 21.9. The van der Waals surface area contributed by atoms with Crippen LogP contribution in [0.25, 0.3) is 0 Å². The quantitative estimate of drug-likeness (QED) is 0.121. The van der Waals surface area contributed by atoms with Crippen molar-refractivity contribution in [3.05, 3.63) is 66.2 Å². The maximum atomic E-state index is 14.2.